The molecule has 1 fully saturated rings. The molecular weight excluding hydrogens is 251 g/mol. The van der Waals surface area contributed by atoms with Crippen molar-refractivity contribution < 1.29 is 4.39 Å². The van der Waals surface area contributed by atoms with Gasteiger partial charge in [-0.05, 0) is 43.6 Å². The Morgan fingerprint density at radius 2 is 2.33 bits per heavy atom. The molecule has 0 spiro atoms. The Balaban J connectivity index is 2.07. The van der Waals surface area contributed by atoms with Gasteiger partial charge in [0.25, 0.3) is 0 Å². The molecular formula is C14H20ClFN2. The van der Waals surface area contributed by atoms with Crippen LogP contribution in [0.25, 0.3) is 0 Å². The van der Waals surface area contributed by atoms with Crippen molar-refractivity contribution in [2.45, 2.75) is 32.4 Å². The van der Waals surface area contributed by atoms with Crippen molar-refractivity contribution in [2.24, 2.45) is 0 Å². The molecule has 100 valence electrons. The van der Waals surface area contributed by atoms with Gasteiger partial charge in [0.2, 0.25) is 0 Å². The van der Waals surface area contributed by atoms with Crippen LogP contribution in [-0.4, -0.2) is 30.6 Å². The van der Waals surface area contributed by atoms with Crippen LogP contribution in [0, 0.1) is 5.82 Å². The first kappa shape index (κ1) is 13.8. The molecule has 2 nitrogen and oxygen atoms in total. The minimum absolute atomic E-state index is 0.270. The van der Waals surface area contributed by atoms with Crippen molar-refractivity contribution in [3.05, 3.63) is 34.6 Å². The summed E-state index contributed by atoms with van der Waals surface area (Å²) in [5.74, 6) is -0.270. The van der Waals surface area contributed by atoms with Gasteiger partial charge in [-0.3, -0.25) is 4.90 Å². The van der Waals surface area contributed by atoms with E-state index in [1.54, 1.807) is 6.07 Å². The van der Waals surface area contributed by atoms with Crippen LogP contribution < -0.4 is 5.32 Å². The number of hydrogen-bond acceptors (Lipinski definition) is 2. The topological polar surface area (TPSA) is 15.3 Å². The van der Waals surface area contributed by atoms with E-state index in [2.05, 4.69) is 17.1 Å². The fourth-order valence-corrected chi connectivity index (χ4v) is 2.72. The summed E-state index contributed by atoms with van der Waals surface area (Å²) >= 11 is 6.10. The van der Waals surface area contributed by atoms with E-state index in [9.17, 15) is 4.39 Å². The second-order valence-corrected chi connectivity index (χ2v) is 5.26. The van der Waals surface area contributed by atoms with Crippen LogP contribution in [-0.2, 0) is 6.54 Å². The second-order valence-electron chi connectivity index (χ2n) is 4.85. The molecule has 1 aliphatic heterocycles. The van der Waals surface area contributed by atoms with E-state index in [0.29, 0.717) is 11.1 Å². The standard InChI is InChI=1S/C14H20ClFN2/c1-2-7-18(13-5-6-17-9-13)10-11-3-4-12(16)8-14(11)15/h3-4,8,13,17H,2,5-7,9-10H2,1H3/t13-/m0/s1. The molecule has 0 saturated carbocycles. The Morgan fingerprint density at radius 1 is 1.50 bits per heavy atom. The van der Waals surface area contributed by atoms with Crippen LogP contribution in [0.3, 0.4) is 0 Å². The van der Waals surface area contributed by atoms with Gasteiger partial charge in [-0.25, -0.2) is 4.39 Å². The van der Waals surface area contributed by atoms with Gasteiger partial charge in [-0.1, -0.05) is 24.6 Å². The van der Waals surface area contributed by atoms with E-state index in [4.69, 9.17) is 11.6 Å². The molecule has 1 saturated heterocycles. The minimum atomic E-state index is -0.270. The van der Waals surface area contributed by atoms with E-state index < -0.39 is 0 Å². The van der Waals surface area contributed by atoms with Gasteiger partial charge in [-0.2, -0.15) is 0 Å². The highest BCUT2D eigenvalue weighted by molar-refractivity contribution is 6.31. The SMILES string of the molecule is CCCN(Cc1ccc(F)cc1Cl)[C@H]1CCNC1. The van der Waals surface area contributed by atoms with Gasteiger partial charge in [0.15, 0.2) is 0 Å². The van der Waals surface area contributed by atoms with Crippen molar-refractivity contribution in [3.8, 4) is 0 Å². The number of nitrogens with zero attached hydrogens (tertiary/aromatic N) is 1. The summed E-state index contributed by atoms with van der Waals surface area (Å²) in [5.41, 5.74) is 1.01. The third-order valence-electron chi connectivity index (χ3n) is 3.45. The molecule has 1 heterocycles. The van der Waals surface area contributed by atoms with Crippen LogP contribution in [0.2, 0.25) is 5.02 Å². The zero-order chi connectivity index (χ0) is 13.0. The molecule has 1 aromatic rings. The first-order chi connectivity index (χ1) is 8.70. The van der Waals surface area contributed by atoms with Crippen molar-refractivity contribution in [1.29, 1.82) is 0 Å². The van der Waals surface area contributed by atoms with Gasteiger partial charge in [0.05, 0.1) is 0 Å². The summed E-state index contributed by atoms with van der Waals surface area (Å²) in [4.78, 5) is 2.44. The van der Waals surface area contributed by atoms with E-state index in [-0.39, 0.29) is 5.82 Å². The average molecular weight is 271 g/mol. The van der Waals surface area contributed by atoms with Crippen LogP contribution in [0.4, 0.5) is 4.39 Å². The molecule has 1 atom stereocenters. The highest BCUT2D eigenvalue weighted by Crippen LogP contribution is 2.21. The fraction of sp³-hybridized carbons (Fsp3) is 0.571. The zero-order valence-corrected chi connectivity index (χ0v) is 11.5. The second kappa shape index (κ2) is 6.50. The Bertz CT molecular complexity index is 391. The van der Waals surface area contributed by atoms with E-state index in [0.717, 1.165) is 38.2 Å². The van der Waals surface area contributed by atoms with Gasteiger partial charge in [0.1, 0.15) is 5.82 Å². The Hall–Kier alpha value is -0.640. The number of rotatable bonds is 5. The van der Waals surface area contributed by atoms with Crippen molar-refractivity contribution in [1.82, 2.24) is 10.2 Å². The first-order valence-corrected chi connectivity index (χ1v) is 6.97. The summed E-state index contributed by atoms with van der Waals surface area (Å²) in [6.07, 6.45) is 2.30. The van der Waals surface area contributed by atoms with E-state index in [1.807, 2.05) is 0 Å². The minimum Gasteiger partial charge on any atom is -0.315 e. The van der Waals surface area contributed by atoms with E-state index >= 15 is 0 Å². The number of hydrogen-bond donors (Lipinski definition) is 1. The summed E-state index contributed by atoms with van der Waals surface area (Å²) in [5, 5.41) is 3.92. The largest absolute Gasteiger partial charge is 0.315 e. The fourth-order valence-electron chi connectivity index (χ4n) is 2.50. The average Bonchev–Trinajstić information content (AvgIpc) is 2.85. The highest BCUT2D eigenvalue weighted by Gasteiger charge is 2.22. The monoisotopic (exact) mass is 270 g/mol. The number of benzene rings is 1. The van der Waals surface area contributed by atoms with Gasteiger partial charge < -0.3 is 5.32 Å². The van der Waals surface area contributed by atoms with Gasteiger partial charge >= 0.3 is 0 Å². The normalized spacial score (nSPS) is 19.7. The quantitative estimate of drug-likeness (QED) is 0.885. The van der Waals surface area contributed by atoms with Crippen molar-refractivity contribution in [3.63, 3.8) is 0 Å². The summed E-state index contributed by atoms with van der Waals surface area (Å²) in [6, 6.07) is 5.25. The van der Waals surface area contributed by atoms with Crippen molar-refractivity contribution >= 4 is 11.6 Å². The molecule has 0 aromatic heterocycles. The van der Waals surface area contributed by atoms with E-state index in [1.165, 1.54) is 18.6 Å². The Kier molecular flexibility index (Phi) is 4.98. The molecule has 1 aromatic carbocycles. The smallest absolute Gasteiger partial charge is 0.124 e. The third kappa shape index (κ3) is 3.44. The zero-order valence-electron chi connectivity index (χ0n) is 10.8. The predicted molar refractivity (Wildman–Crippen MR) is 73.4 cm³/mol. The van der Waals surface area contributed by atoms with Gasteiger partial charge in [0, 0.05) is 24.2 Å². The van der Waals surface area contributed by atoms with Crippen LogP contribution in [0.15, 0.2) is 18.2 Å². The molecule has 0 aliphatic carbocycles. The molecule has 0 unspecified atom stereocenters. The lowest BCUT2D eigenvalue weighted by Gasteiger charge is -2.28. The van der Waals surface area contributed by atoms with Crippen LogP contribution in [0.5, 0.6) is 0 Å². The molecule has 1 N–H and O–H groups in total. The molecule has 4 heteroatoms. The lowest BCUT2D eigenvalue weighted by molar-refractivity contribution is 0.199. The lowest BCUT2D eigenvalue weighted by atomic mass is 10.1. The van der Waals surface area contributed by atoms with Crippen molar-refractivity contribution in [2.75, 3.05) is 19.6 Å². The molecule has 0 radical (unpaired) electrons. The Morgan fingerprint density at radius 3 is 2.94 bits per heavy atom. The molecule has 2 rings (SSSR count). The predicted octanol–water partition coefficient (Wildman–Crippen LogP) is 3.05. The molecule has 0 bridgehead atoms. The highest BCUT2D eigenvalue weighted by atomic mass is 35.5. The molecule has 1 aliphatic rings. The molecule has 18 heavy (non-hydrogen) atoms. The maximum atomic E-state index is 13.0. The summed E-state index contributed by atoms with van der Waals surface area (Å²) in [6.45, 7) is 6.17. The van der Waals surface area contributed by atoms with Crippen LogP contribution in [0.1, 0.15) is 25.3 Å². The maximum Gasteiger partial charge on any atom is 0.124 e. The summed E-state index contributed by atoms with van der Waals surface area (Å²) < 4.78 is 13.0. The summed E-state index contributed by atoms with van der Waals surface area (Å²) in [7, 11) is 0. The first-order valence-electron chi connectivity index (χ1n) is 6.59. The lowest BCUT2D eigenvalue weighted by Crippen LogP contribution is -2.37. The third-order valence-corrected chi connectivity index (χ3v) is 3.80. The maximum absolute atomic E-state index is 13.0. The number of halogens is 2. The Labute approximate surface area is 113 Å². The van der Waals surface area contributed by atoms with Crippen LogP contribution >= 0.6 is 11.6 Å². The number of nitrogens with one attached hydrogen (secondary N) is 1. The van der Waals surface area contributed by atoms with Gasteiger partial charge in [-0.15, -0.1) is 0 Å². The molecule has 0 amide bonds.